The molecule has 1 aromatic heterocycles. The van der Waals surface area contributed by atoms with Crippen molar-refractivity contribution in [3.8, 4) is 0 Å². The third-order valence-corrected chi connectivity index (χ3v) is 3.10. The van der Waals surface area contributed by atoms with E-state index in [1.54, 1.807) is 0 Å². The van der Waals surface area contributed by atoms with Crippen molar-refractivity contribution >= 4 is 0 Å². The van der Waals surface area contributed by atoms with E-state index >= 15 is 0 Å². The van der Waals surface area contributed by atoms with Crippen molar-refractivity contribution in [1.29, 1.82) is 0 Å². The summed E-state index contributed by atoms with van der Waals surface area (Å²) in [5, 5.41) is 23.3. The van der Waals surface area contributed by atoms with Crippen molar-refractivity contribution in [2.75, 3.05) is 13.2 Å². The molecule has 1 heterocycles. The van der Waals surface area contributed by atoms with Crippen LogP contribution < -0.4 is 0 Å². The summed E-state index contributed by atoms with van der Waals surface area (Å²) in [6.07, 6.45) is 5.31. The zero-order chi connectivity index (χ0) is 12.9. The highest BCUT2D eigenvalue weighted by atomic mass is 16.3. The lowest BCUT2D eigenvalue weighted by molar-refractivity contribution is 0.0369. The Morgan fingerprint density at radius 3 is 2.41 bits per heavy atom. The summed E-state index contributed by atoms with van der Waals surface area (Å²) >= 11 is 0. The molecular weight excluding hydrogens is 216 g/mol. The number of aliphatic hydroxyl groups excluding tert-OH is 2. The van der Waals surface area contributed by atoms with Crippen LogP contribution in [0.1, 0.15) is 32.8 Å². The molecule has 0 bridgehead atoms. The highest BCUT2D eigenvalue weighted by molar-refractivity contribution is 5.08. The van der Waals surface area contributed by atoms with Crippen LogP contribution in [-0.4, -0.2) is 33.2 Å². The van der Waals surface area contributed by atoms with Gasteiger partial charge in [0.05, 0.1) is 19.4 Å². The van der Waals surface area contributed by atoms with Gasteiger partial charge in [-0.2, -0.15) is 5.10 Å². The molecule has 0 aliphatic rings. The van der Waals surface area contributed by atoms with Crippen LogP contribution in [0, 0.1) is 11.3 Å². The molecule has 0 unspecified atom stereocenters. The Labute approximate surface area is 103 Å². The predicted octanol–water partition coefficient (Wildman–Crippen LogP) is 1.46. The smallest absolute Gasteiger partial charge is 0.0521 e. The van der Waals surface area contributed by atoms with Crippen molar-refractivity contribution in [3.05, 3.63) is 18.0 Å². The Hall–Kier alpha value is -0.870. The lowest BCUT2D eigenvalue weighted by Gasteiger charge is -2.31. The van der Waals surface area contributed by atoms with Gasteiger partial charge in [0, 0.05) is 18.2 Å². The SMILES string of the molecule is CCn1cc(CC(CO)(CO)CC(C)C)cn1. The molecule has 0 aliphatic carbocycles. The van der Waals surface area contributed by atoms with Crippen LogP contribution in [0.3, 0.4) is 0 Å². The van der Waals surface area contributed by atoms with E-state index in [1.165, 1.54) is 0 Å². The van der Waals surface area contributed by atoms with Gasteiger partial charge in [0.15, 0.2) is 0 Å². The van der Waals surface area contributed by atoms with Gasteiger partial charge >= 0.3 is 0 Å². The number of nitrogens with zero attached hydrogens (tertiary/aromatic N) is 2. The first-order valence-corrected chi connectivity index (χ1v) is 6.28. The molecule has 0 saturated heterocycles. The Balaban J connectivity index is 2.78. The highest BCUT2D eigenvalue weighted by Gasteiger charge is 2.30. The molecular formula is C13H24N2O2. The zero-order valence-corrected chi connectivity index (χ0v) is 11.1. The lowest BCUT2D eigenvalue weighted by atomic mass is 9.77. The normalized spacial score (nSPS) is 12.4. The average molecular weight is 240 g/mol. The second kappa shape index (κ2) is 6.17. The quantitative estimate of drug-likeness (QED) is 0.758. The Kier molecular flexibility index (Phi) is 5.15. The van der Waals surface area contributed by atoms with Gasteiger partial charge < -0.3 is 10.2 Å². The molecule has 1 aromatic rings. The van der Waals surface area contributed by atoms with Crippen LogP contribution in [0.4, 0.5) is 0 Å². The van der Waals surface area contributed by atoms with E-state index in [2.05, 4.69) is 18.9 Å². The van der Waals surface area contributed by atoms with Crippen LogP contribution >= 0.6 is 0 Å². The topological polar surface area (TPSA) is 58.3 Å². The number of aromatic nitrogens is 2. The van der Waals surface area contributed by atoms with Gasteiger partial charge in [-0.1, -0.05) is 13.8 Å². The predicted molar refractivity (Wildman–Crippen MR) is 67.7 cm³/mol. The summed E-state index contributed by atoms with van der Waals surface area (Å²) in [6.45, 7) is 7.12. The number of hydrogen-bond acceptors (Lipinski definition) is 3. The molecule has 2 N–H and O–H groups in total. The summed E-state index contributed by atoms with van der Waals surface area (Å²) in [7, 11) is 0. The third kappa shape index (κ3) is 3.82. The van der Waals surface area contributed by atoms with Crippen LogP contribution in [0.15, 0.2) is 12.4 Å². The number of aryl methyl sites for hydroxylation is 1. The largest absolute Gasteiger partial charge is 0.396 e. The van der Waals surface area contributed by atoms with E-state index < -0.39 is 5.41 Å². The number of rotatable bonds is 7. The minimum Gasteiger partial charge on any atom is -0.396 e. The fourth-order valence-electron chi connectivity index (χ4n) is 2.33. The van der Waals surface area contributed by atoms with Gasteiger partial charge in [0.25, 0.3) is 0 Å². The van der Waals surface area contributed by atoms with Gasteiger partial charge in [-0.3, -0.25) is 4.68 Å². The van der Waals surface area contributed by atoms with E-state index in [0.717, 1.165) is 18.5 Å². The molecule has 0 radical (unpaired) electrons. The molecule has 0 atom stereocenters. The zero-order valence-electron chi connectivity index (χ0n) is 11.1. The summed E-state index contributed by atoms with van der Waals surface area (Å²) in [5.41, 5.74) is 0.658. The minimum atomic E-state index is -0.421. The molecule has 0 spiro atoms. The number of hydrogen-bond donors (Lipinski definition) is 2. The third-order valence-electron chi connectivity index (χ3n) is 3.10. The Bertz CT molecular complexity index is 330. The van der Waals surface area contributed by atoms with Crippen LogP contribution in [-0.2, 0) is 13.0 Å². The van der Waals surface area contributed by atoms with Gasteiger partial charge in [-0.15, -0.1) is 0 Å². The van der Waals surface area contributed by atoms with Gasteiger partial charge in [0.2, 0.25) is 0 Å². The summed E-state index contributed by atoms with van der Waals surface area (Å²) < 4.78 is 1.87. The lowest BCUT2D eigenvalue weighted by Crippen LogP contribution is -2.33. The second-order valence-electron chi connectivity index (χ2n) is 5.30. The van der Waals surface area contributed by atoms with E-state index in [1.807, 2.05) is 24.0 Å². The maximum Gasteiger partial charge on any atom is 0.0521 e. The van der Waals surface area contributed by atoms with Gasteiger partial charge in [0.1, 0.15) is 0 Å². The van der Waals surface area contributed by atoms with Crippen LogP contribution in [0.5, 0.6) is 0 Å². The molecule has 4 heteroatoms. The Morgan fingerprint density at radius 1 is 1.35 bits per heavy atom. The van der Waals surface area contributed by atoms with Crippen molar-refractivity contribution in [2.24, 2.45) is 11.3 Å². The maximum atomic E-state index is 9.56. The van der Waals surface area contributed by atoms with Crippen molar-refractivity contribution in [1.82, 2.24) is 9.78 Å². The maximum absolute atomic E-state index is 9.56. The van der Waals surface area contributed by atoms with Crippen molar-refractivity contribution < 1.29 is 10.2 Å². The van der Waals surface area contributed by atoms with Crippen LogP contribution in [0.25, 0.3) is 0 Å². The first-order valence-electron chi connectivity index (χ1n) is 6.28. The fourth-order valence-corrected chi connectivity index (χ4v) is 2.33. The molecule has 0 amide bonds. The second-order valence-corrected chi connectivity index (χ2v) is 5.30. The van der Waals surface area contributed by atoms with E-state index in [9.17, 15) is 10.2 Å². The Morgan fingerprint density at radius 2 is 2.00 bits per heavy atom. The van der Waals surface area contributed by atoms with Gasteiger partial charge in [-0.05, 0) is 31.2 Å². The van der Waals surface area contributed by atoms with Crippen molar-refractivity contribution in [2.45, 2.75) is 40.2 Å². The first kappa shape index (κ1) is 14.2. The summed E-state index contributed by atoms with van der Waals surface area (Å²) in [6, 6.07) is 0. The molecule has 1 rings (SSSR count). The van der Waals surface area contributed by atoms with E-state index in [-0.39, 0.29) is 13.2 Å². The molecule has 98 valence electrons. The molecule has 17 heavy (non-hydrogen) atoms. The standard InChI is InChI=1S/C13H24N2O2/c1-4-15-8-12(7-14-15)6-13(9-16,10-17)5-11(2)3/h7-8,11,16-17H,4-6,9-10H2,1-3H3. The minimum absolute atomic E-state index is 0.0129. The first-order chi connectivity index (χ1) is 8.05. The van der Waals surface area contributed by atoms with E-state index in [4.69, 9.17) is 0 Å². The molecule has 0 saturated carbocycles. The molecule has 0 aliphatic heterocycles. The van der Waals surface area contributed by atoms with Crippen LogP contribution in [0.2, 0.25) is 0 Å². The summed E-state index contributed by atoms with van der Waals surface area (Å²) in [5.74, 6) is 0.454. The molecule has 0 aromatic carbocycles. The number of aliphatic hydroxyl groups is 2. The van der Waals surface area contributed by atoms with Gasteiger partial charge in [-0.25, -0.2) is 0 Å². The fraction of sp³-hybridized carbons (Fsp3) is 0.769. The van der Waals surface area contributed by atoms with E-state index in [0.29, 0.717) is 12.3 Å². The molecule has 4 nitrogen and oxygen atoms in total. The molecule has 0 fully saturated rings. The monoisotopic (exact) mass is 240 g/mol. The van der Waals surface area contributed by atoms with Crippen molar-refractivity contribution in [3.63, 3.8) is 0 Å². The highest BCUT2D eigenvalue weighted by Crippen LogP contribution is 2.29. The average Bonchev–Trinajstić information content (AvgIpc) is 2.75. The summed E-state index contributed by atoms with van der Waals surface area (Å²) in [4.78, 5) is 0.